The number of urea groups is 1. The molecule has 166 valence electrons. The lowest BCUT2D eigenvalue weighted by Crippen LogP contribution is -2.36. The van der Waals surface area contributed by atoms with Gasteiger partial charge in [0.25, 0.3) is 0 Å². The summed E-state index contributed by atoms with van der Waals surface area (Å²) < 4.78 is 43.3. The summed E-state index contributed by atoms with van der Waals surface area (Å²) in [5.74, 6) is -0.406. The molecule has 0 radical (unpaired) electrons. The standard InChI is InChI=1S/C24H23FN2O4S/c1-17-5-2-3-8-23(17)26-24(28)27(20-11-12-20)16-18-6-4-7-21(15-18)31-32(29,30)22-13-9-19(25)10-14-22/h2-10,13-15,20H,11-12,16H2,1H3,(H,26,28). The average Bonchev–Trinajstić information content (AvgIpc) is 3.59. The van der Waals surface area contributed by atoms with E-state index in [0.29, 0.717) is 6.54 Å². The molecule has 32 heavy (non-hydrogen) atoms. The zero-order valence-electron chi connectivity index (χ0n) is 17.5. The average molecular weight is 455 g/mol. The van der Waals surface area contributed by atoms with Crippen LogP contribution in [-0.4, -0.2) is 25.4 Å². The minimum atomic E-state index is -4.10. The van der Waals surface area contributed by atoms with E-state index in [1.165, 1.54) is 6.07 Å². The lowest BCUT2D eigenvalue weighted by Gasteiger charge is -2.23. The Morgan fingerprint density at radius 3 is 2.47 bits per heavy atom. The number of carbonyl (C=O) groups excluding carboxylic acids is 1. The quantitative estimate of drug-likeness (QED) is 0.504. The Balaban J connectivity index is 1.49. The molecule has 4 rings (SSSR count). The Hall–Kier alpha value is -3.39. The van der Waals surface area contributed by atoms with E-state index < -0.39 is 15.9 Å². The van der Waals surface area contributed by atoms with E-state index in [0.717, 1.165) is 53.9 Å². The van der Waals surface area contributed by atoms with Crippen LogP contribution in [-0.2, 0) is 16.7 Å². The highest BCUT2D eigenvalue weighted by Crippen LogP contribution is 2.30. The molecule has 3 aromatic rings. The summed E-state index contributed by atoms with van der Waals surface area (Å²) >= 11 is 0. The number of nitrogens with one attached hydrogen (secondary N) is 1. The van der Waals surface area contributed by atoms with Crippen molar-refractivity contribution in [2.24, 2.45) is 0 Å². The van der Waals surface area contributed by atoms with Crippen molar-refractivity contribution in [1.82, 2.24) is 4.90 Å². The van der Waals surface area contributed by atoms with Gasteiger partial charge in [0.2, 0.25) is 0 Å². The van der Waals surface area contributed by atoms with E-state index in [2.05, 4.69) is 5.32 Å². The van der Waals surface area contributed by atoms with Crippen molar-refractivity contribution in [2.75, 3.05) is 5.32 Å². The zero-order chi connectivity index (χ0) is 22.7. The molecule has 1 saturated carbocycles. The van der Waals surface area contributed by atoms with Crippen molar-refractivity contribution in [1.29, 1.82) is 0 Å². The summed E-state index contributed by atoms with van der Waals surface area (Å²) in [5, 5.41) is 2.96. The van der Waals surface area contributed by atoms with Gasteiger partial charge in [-0.1, -0.05) is 30.3 Å². The molecule has 6 nitrogen and oxygen atoms in total. The normalized spacial score (nSPS) is 13.4. The maximum Gasteiger partial charge on any atom is 0.339 e. The number of benzene rings is 3. The van der Waals surface area contributed by atoms with Gasteiger partial charge in [0, 0.05) is 18.3 Å². The topological polar surface area (TPSA) is 75.7 Å². The summed E-state index contributed by atoms with van der Waals surface area (Å²) in [6.45, 7) is 2.25. The van der Waals surface area contributed by atoms with Crippen LogP contribution in [0.1, 0.15) is 24.0 Å². The molecule has 0 bridgehead atoms. The van der Waals surface area contributed by atoms with Crippen LogP contribution in [0.15, 0.2) is 77.7 Å². The molecular formula is C24H23FN2O4S. The fourth-order valence-corrected chi connectivity index (χ4v) is 4.24. The second-order valence-corrected chi connectivity index (χ2v) is 9.29. The van der Waals surface area contributed by atoms with Crippen LogP contribution in [0.5, 0.6) is 5.75 Å². The van der Waals surface area contributed by atoms with Gasteiger partial charge in [-0.3, -0.25) is 0 Å². The number of nitrogens with zero attached hydrogens (tertiary/aromatic N) is 1. The first-order valence-electron chi connectivity index (χ1n) is 10.2. The third-order valence-electron chi connectivity index (χ3n) is 5.19. The summed E-state index contributed by atoms with van der Waals surface area (Å²) in [7, 11) is -4.10. The number of hydrogen-bond donors (Lipinski definition) is 1. The van der Waals surface area contributed by atoms with Gasteiger partial charge in [-0.2, -0.15) is 8.42 Å². The van der Waals surface area contributed by atoms with E-state index in [9.17, 15) is 17.6 Å². The first-order chi connectivity index (χ1) is 15.3. The lowest BCUT2D eigenvalue weighted by atomic mass is 10.2. The predicted molar refractivity (Wildman–Crippen MR) is 119 cm³/mol. The number of halogens is 1. The SMILES string of the molecule is Cc1ccccc1NC(=O)N(Cc1cccc(OS(=O)(=O)c2ccc(F)cc2)c1)C1CC1. The third kappa shape index (κ3) is 5.26. The van der Waals surface area contributed by atoms with E-state index in [4.69, 9.17) is 4.18 Å². The second kappa shape index (κ2) is 9.00. The molecule has 2 amide bonds. The number of hydrogen-bond acceptors (Lipinski definition) is 4. The zero-order valence-corrected chi connectivity index (χ0v) is 18.3. The summed E-state index contributed by atoms with van der Waals surface area (Å²) in [6, 6.07) is 18.5. The first kappa shape index (κ1) is 21.8. The minimum Gasteiger partial charge on any atom is -0.379 e. The number of anilines is 1. The molecule has 1 aliphatic rings. The van der Waals surface area contributed by atoms with E-state index in [-0.39, 0.29) is 22.7 Å². The van der Waals surface area contributed by atoms with Crippen LogP contribution < -0.4 is 9.50 Å². The molecule has 3 aromatic carbocycles. The van der Waals surface area contributed by atoms with Gasteiger partial charge in [-0.05, 0) is 73.4 Å². The van der Waals surface area contributed by atoms with Gasteiger partial charge in [-0.15, -0.1) is 0 Å². The number of para-hydroxylation sites is 1. The van der Waals surface area contributed by atoms with Gasteiger partial charge < -0.3 is 14.4 Å². The van der Waals surface area contributed by atoms with Crippen LogP contribution in [0.25, 0.3) is 0 Å². The Bertz CT molecular complexity index is 1220. The molecule has 1 N–H and O–H groups in total. The monoisotopic (exact) mass is 454 g/mol. The molecule has 0 heterocycles. The molecule has 8 heteroatoms. The molecule has 0 spiro atoms. The maximum atomic E-state index is 13.1. The summed E-state index contributed by atoms with van der Waals surface area (Å²) in [6.07, 6.45) is 1.85. The highest BCUT2D eigenvalue weighted by Gasteiger charge is 2.33. The Morgan fingerprint density at radius 1 is 1.06 bits per heavy atom. The molecule has 0 atom stereocenters. The molecule has 0 saturated heterocycles. The van der Waals surface area contributed by atoms with Crippen molar-refractivity contribution in [3.05, 3.63) is 89.7 Å². The van der Waals surface area contributed by atoms with E-state index in [1.807, 2.05) is 37.3 Å². The minimum absolute atomic E-state index is 0.127. The predicted octanol–water partition coefficient (Wildman–Crippen LogP) is 5.10. The number of carbonyl (C=O) groups is 1. The summed E-state index contributed by atoms with van der Waals surface area (Å²) in [4.78, 5) is 14.5. The van der Waals surface area contributed by atoms with Crippen molar-refractivity contribution in [3.8, 4) is 5.75 Å². The van der Waals surface area contributed by atoms with Crippen LogP contribution in [0.4, 0.5) is 14.9 Å². The van der Waals surface area contributed by atoms with E-state index in [1.54, 1.807) is 17.0 Å². The van der Waals surface area contributed by atoms with Gasteiger partial charge in [0.15, 0.2) is 0 Å². The van der Waals surface area contributed by atoms with Crippen molar-refractivity contribution in [3.63, 3.8) is 0 Å². The lowest BCUT2D eigenvalue weighted by molar-refractivity contribution is 0.206. The maximum absolute atomic E-state index is 13.1. The van der Waals surface area contributed by atoms with Crippen LogP contribution in [0.2, 0.25) is 0 Å². The fourth-order valence-electron chi connectivity index (χ4n) is 3.32. The molecule has 1 fully saturated rings. The van der Waals surface area contributed by atoms with Gasteiger partial charge in [0.1, 0.15) is 16.5 Å². The highest BCUT2D eigenvalue weighted by atomic mass is 32.2. The first-order valence-corrected chi connectivity index (χ1v) is 11.6. The molecule has 0 aromatic heterocycles. The number of aryl methyl sites for hydroxylation is 1. The van der Waals surface area contributed by atoms with Gasteiger partial charge >= 0.3 is 16.1 Å². The molecule has 0 aliphatic heterocycles. The molecule has 0 unspecified atom stereocenters. The Kier molecular flexibility index (Phi) is 6.14. The van der Waals surface area contributed by atoms with Gasteiger partial charge in [-0.25, -0.2) is 9.18 Å². The number of amides is 2. The van der Waals surface area contributed by atoms with Gasteiger partial charge in [0.05, 0.1) is 0 Å². The Labute approximate surface area is 186 Å². The largest absolute Gasteiger partial charge is 0.379 e. The Morgan fingerprint density at radius 2 is 1.78 bits per heavy atom. The van der Waals surface area contributed by atoms with Crippen molar-refractivity contribution < 1.29 is 21.8 Å². The van der Waals surface area contributed by atoms with Crippen molar-refractivity contribution >= 4 is 21.8 Å². The van der Waals surface area contributed by atoms with Crippen molar-refractivity contribution in [2.45, 2.75) is 37.2 Å². The van der Waals surface area contributed by atoms with Crippen LogP contribution in [0.3, 0.4) is 0 Å². The fraction of sp³-hybridized carbons (Fsp3) is 0.208. The van der Waals surface area contributed by atoms with Crippen LogP contribution >= 0.6 is 0 Å². The third-order valence-corrected chi connectivity index (χ3v) is 6.46. The smallest absolute Gasteiger partial charge is 0.339 e. The molecule has 1 aliphatic carbocycles. The molecular weight excluding hydrogens is 431 g/mol. The van der Waals surface area contributed by atoms with E-state index >= 15 is 0 Å². The van der Waals surface area contributed by atoms with Crippen LogP contribution in [0, 0.1) is 12.7 Å². The summed E-state index contributed by atoms with van der Waals surface area (Å²) in [5.41, 5.74) is 2.47. The second-order valence-electron chi connectivity index (χ2n) is 7.74. The highest BCUT2D eigenvalue weighted by molar-refractivity contribution is 7.87. The number of rotatable bonds is 7.